The molecular formula is C29H36Cl2FN3O2. The molecule has 1 aromatic rings. The molecule has 2 saturated carbocycles. The SMILES string of the molecule is CC(Cl)=CC=CC(F)C1C(C(=O)NC2CCCCC2)NC2(CCCCC2)C12C(=O)Nc1cc(Cl)ccc12. The van der Waals surface area contributed by atoms with Gasteiger partial charge in [0, 0.05) is 33.2 Å². The number of halogens is 3. The number of carbonyl (C=O) groups is 2. The first-order chi connectivity index (χ1) is 17.8. The fourth-order valence-electron chi connectivity index (χ4n) is 7.48. The lowest BCUT2D eigenvalue weighted by atomic mass is 9.56. The summed E-state index contributed by atoms with van der Waals surface area (Å²) in [6.45, 7) is 1.72. The molecular weight excluding hydrogens is 512 g/mol. The molecule has 4 atom stereocenters. The molecule has 2 spiro atoms. The fraction of sp³-hybridized carbons (Fsp3) is 0.586. The van der Waals surface area contributed by atoms with E-state index in [1.165, 1.54) is 12.5 Å². The second-order valence-electron chi connectivity index (χ2n) is 11.2. The van der Waals surface area contributed by atoms with Crippen LogP contribution in [0.5, 0.6) is 0 Å². The molecule has 1 aromatic carbocycles. The van der Waals surface area contributed by atoms with Crippen molar-refractivity contribution in [1.82, 2.24) is 10.6 Å². The van der Waals surface area contributed by atoms with Crippen molar-refractivity contribution in [2.75, 3.05) is 5.32 Å². The molecule has 0 aromatic heterocycles. The highest BCUT2D eigenvalue weighted by molar-refractivity contribution is 6.31. The van der Waals surface area contributed by atoms with Gasteiger partial charge in [-0.1, -0.05) is 79.9 Å². The van der Waals surface area contributed by atoms with E-state index >= 15 is 4.39 Å². The van der Waals surface area contributed by atoms with Gasteiger partial charge in [0.1, 0.15) is 11.6 Å². The van der Waals surface area contributed by atoms with Crippen molar-refractivity contribution in [3.63, 3.8) is 0 Å². The number of fused-ring (bicyclic) bond motifs is 3. The van der Waals surface area contributed by atoms with E-state index in [0.29, 0.717) is 28.6 Å². The molecule has 4 aliphatic rings. The Labute approximate surface area is 228 Å². The van der Waals surface area contributed by atoms with Gasteiger partial charge in [-0.2, -0.15) is 0 Å². The second kappa shape index (κ2) is 10.7. The minimum absolute atomic E-state index is 0.0847. The molecule has 2 aliphatic carbocycles. The Morgan fingerprint density at radius 1 is 1.16 bits per heavy atom. The van der Waals surface area contributed by atoms with E-state index in [4.69, 9.17) is 23.2 Å². The zero-order chi connectivity index (χ0) is 26.2. The molecule has 2 heterocycles. The van der Waals surface area contributed by atoms with E-state index in [-0.39, 0.29) is 17.9 Å². The number of hydrogen-bond donors (Lipinski definition) is 3. The fourth-order valence-corrected chi connectivity index (χ4v) is 7.73. The molecule has 4 unspecified atom stereocenters. The smallest absolute Gasteiger partial charge is 0.237 e. The number of rotatable bonds is 5. The van der Waals surface area contributed by atoms with E-state index < -0.39 is 29.1 Å². The third-order valence-electron chi connectivity index (χ3n) is 8.96. The lowest BCUT2D eigenvalue weighted by Crippen LogP contribution is -2.61. The average molecular weight is 549 g/mol. The van der Waals surface area contributed by atoms with Crippen LogP contribution in [0.4, 0.5) is 10.1 Å². The van der Waals surface area contributed by atoms with Crippen molar-refractivity contribution < 1.29 is 14.0 Å². The van der Waals surface area contributed by atoms with Crippen LogP contribution >= 0.6 is 23.2 Å². The van der Waals surface area contributed by atoms with Crippen LogP contribution in [0, 0.1) is 5.92 Å². The monoisotopic (exact) mass is 547 g/mol. The predicted molar refractivity (Wildman–Crippen MR) is 147 cm³/mol. The first-order valence-corrected chi connectivity index (χ1v) is 14.4. The number of allylic oxidation sites excluding steroid dienone is 4. The Bertz CT molecular complexity index is 1110. The van der Waals surface area contributed by atoms with Crippen LogP contribution in [0.15, 0.2) is 41.5 Å². The van der Waals surface area contributed by atoms with Crippen LogP contribution in [-0.2, 0) is 15.0 Å². The highest BCUT2D eigenvalue weighted by Gasteiger charge is 2.73. The summed E-state index contributed by atoms with van der Waals surface area (Å²) < 4.78 is 16.5. The summed E-state index contributed by atoms with van der Waals surface area (Å²) in [6, 6.07) is 4.57. The van der Waals surface area contributed by atoms with E-state index in [1.54, 1.807) is 31.2 Å². The summed E-state index contributed by atoms with van der Waals surface area (Å²) in [6.07, 6.45) is 12.5. The molecule has 8 heteroatoms. The number of alkyl halides is 1. The minimum Gasteiger partial charge on any atom is -0.352 e. The van der Waals surface area contributed by atoms with Gasteiger partial charge in [0.25, 0.3) is 0 Å². The van der Waals surface area contributed by atoms with Crippen LogP contribution in [0.25, 0.3) is 0 Å². The van der Waals surface area contributed by atoms with Gasteiger partial charge in [-0.05, 0) is 56.4 Å². The summed E-state index contributed by atoms with van der Waals surface area (Å²) in [5, 5.41) is 10.9. The van der Waals surface area contributed by atoms with Crippen LogP contribution in [0.3, 0.4) is 0 Å². The second-order valence-corrected chi connectivity index (χ2v) is 12.2. The Kier molecular flexibility index (Phi) is 7.72. The van der Waals surface area contributed by atoms with Crippen molar-refractivity contribution in [3.8, 4) is 0 Å². The summed E-state index contributed by atoms with van der Waals surface area (Å²) >= 11 is 12.3. The van der Waals surface area contributed by atoms with Gasteiger partial charge in [0.2, 0.25) is 11.8 Å². The van der Waals surface area contributed by atoms with E-state index in [0.717, 1.165) is 50.5 Å². The molecule has 3 fully saturated rings. The number of benzene rings is 1. The quantitative estimate of drug-likeness (QED) is 0.378. The molecule has 200 valence electrons. The van der Waals surface area contributed by atoms with Crippen molar-refractivity contribution in [1.29, 1.82) is 0 Å². The molecule has 0 bridgehead atoms. The summed E-state index contributed by atoms with van der Waals surface area (Å²) in [7, 11) is 0. The maximum absolute atomic E-state index is 16.5. The normalized spacial score (nSPS) is 30.6. The van der Waals surface area contributed by atoms with Crippen molar-refractivity contribution in [2.45, 2.75) is 100 Å². The van der Waals surface area contributed by atoms with Gasteiger partial charge in [-0.25, -0.2) is 4.39 Å². The number of carbonyl (C=O) groups excluding carboxylic acids is 2. The zero-order valence-corrected chi connectivity index (χ0v) is 22.8. The molecule has 37 heavy (non-hydrogen) atoms. The van der Waals surface area contributed by atoms with Crippen molar-refractivity contribution in [3.05, 3.63) is 52.0 Å². The van der Waals surface area contributed by atoms with E-state index in [2.05, 4.69) is 16.0 Å². The largest absolute Gasteiger partial charge is 0.352 e. The van der Waals surface area contributed by atoms with Gasteiger partial charge in [-0.3, -0.25) is 14.9 Å². The lowest BCUT2D eigenvalue weighted by Gasteiger charge is -2.47. The Balaban J connectivity index is 1.64. The third kappa shape index (κ3) is 4.63. The molecule has 5 nitrogen and oxygen atoms in total. The van der Waals surface area contributed by atoms with E-state index in [9.17, 15) is 9.59 Å². The summed E-state index contributed by atoms with van der Waals surface area (Å²) in [5.74, 6) is -1.40. The Morgan fingerprint density at radius 3 is 2.57 bits per heavy atom. The standard InChI is InChI=1S/C29H36Cl2FN3O2/c1-18(30)9-8-12-22(32)24-25(26(36)33-20-10-4-2-5-11-20)35-28(15-6-3-7-16-28)29(24)21-14-13-19(31)17-23(21)34-27(29)37/h8-9,12-14,17,20,22,24-25,35H,2-7,10-11,15-16H2,1H3,(H,33,36)(H,34,37). The number of amides is 2. The predicted octanol–water partition coefficient (Wildman–Crippen LogP) is 6.31. The van der Waals surface area contributed by atoms with Gasteiger partial charge in [-0.15, -0.1) is 0 Å². The van der Waals surface area contributed by atoms with Crippen molar-refractivity contribution in [2.24, 2.45) is 5.92 Å². The van der Waals surface area contributed by atoms with Crippen LogP contribution in [-0.4, -0.2) is 35.6 Å². The van der Waals surface area contributed by atoms with Gasteiger partial charge < -0.3 is 10.6 Å². The average Bonchev–Trinajstić information content (AvgIpc) is 3.32. The van der Waals surface area contributed by atoms with Crippen molar-refractivity contribution >= 4 is 40.7 Å². The van der Waals surface area contributed by atoms with Gasteiger partial charge in [0.05, 0.1) is 6.04 Å². The highest BCUT2D eigenvalue weighted by Crippen LogP contribution is 2.60. The summed E-state index contributed by atoms with van der Waals surface area (Å²) in [5.41, 5.74) is -0.639. The van der Waals surface area contributed by atoms with Crippen LogP contribution < -0.4 is 16.0 Å². The first kappa shape index (κ1) is 26.7. The van der Waals surface area contributed by atoms with Gasteiger partial charge >= 0.3 is 0 Å². The topological polar surface area (TPSA) is 70.2 Å². The Hall–Kier alpha value is -1.89. The highest BCUT2D eigenvalue weighted by atomic mass is 35.5. The maximum Gasteiger partial charge on any atom is 0.237 e. The maximum atomic E-state index is 16.5. The first-order valence-electron chi connectivity index (χ1n) is 13.6. The molecule has 1 saturated heterocycles. The third-order valence-corrected chi connectivity index (χ3v) is 9.32. The number of nitrogens with one attached hydrogen (secondary N) is 3. The molecule has 0 radical (unpaired) electrons. The molecule has 2 aliphatic heterocycles. The molecule has 3 N–H and O–H groups in total. The Morgan fingerprint density at radius 2 is 1.86 bits per heavy atom. The summed E-state index contributed by atoms with van der Waals surface area (Å²) in [4.78, 5) is 28.0. The van der Waals surface area contributed by atoms with E-state index in [1.807, 2.05) is 6.07 Å². The lowest BCUT2D eigenvalue weighted by molar-refractivity contribution is -0.127. The zero-order valence-electron chi connectivity index (χ0n) is 21.3. The number of anilines is 1. The number of hydrogen-bond acceptors (Lipinski definition) is 3. The van der Waals surface area contributed by atoms with Crippen LogP contribution in [0.2, 0.25) is 5.02 Å². The van der Waals surface area contributed by atoms with Crippen LogP contribution in [0.1, 0.15) is 76.7 Å². The molecule has 5 rings (SSSR count). The van der Waals surface area contributed by atoms with Gasteiger partial charge in [0.15, 0.2) is 0 Å². The minimum atomic E-state index is -1.56. The molecule has 2 amide bonds.